The second-order valence-corrected chi connectivity index (χ2v) is 10.3. The average Bonchev–Trinajstić information content (AvgIpc) is 2.44. The number of rotatable bonds is 4. The largest absolute Gasteiger partial charge is 0.241 e. The average molecular weight is 384 g/mol. The molecule has 4 aliphatic carbocycles. The summed E-state index contributed by atoms with van der Waals surface area (Å²) in [6, 6.07) is 7.04. The highest BCUT2D eigenvalue weighted by molar-refractivity contribution is 9.10. The van der Waals surface area contributed by atoms with E-state index < -0.39 is 10.0 Å². The molecule has 0 saturated heterocycles. The molecule has 4 aliphatic rings. The van der Waals surface area contributed by atoms with E-state index in [1.165, 1.54) is 38.5 Å². The summed E-state index contributed by atoms with van der Waals surface area (Å²) >= 11 is 3.35. The molecule has 0 aromatic heterocycles. The van der Waals surface area contributed by atoms with E-state index in [2.05, 4.69) is 20.7 Å². The summed E-state index contributed by atoms with van der Waals surface area (Å²) in [5.41, 5.74) is 0.225. The number of benzene rings is 1. The summed E-state index contributed by atoms with van der Waals surface area (Å²) in [4.78, 5) is 0.347. The quantitative estimate of drug-likeness (QED) is 0.855. The summed E-state index contributed by atoms with van der Waals surface area (Å²) < 4.78 is 28.8. The van der Waals surface area contributed by atoms with Gasteiger partial charge in [0, 0.05) is 11.0 Å². The molecule has 0 atom stereocenters. The van der Waals surface area contributed by atoms with Crippen LogP contribution in [0.5, 0.6) is 0 Å². The molecule has 0 amide bonds. The van der Waals surface area contributed by atoms with E-state index in [1.807, 2.05) is 6.07 Å². The molecule has 0 radical (unpaired) electrons. The van der Waals surface area contributed by atoms with Crippen molar-refractivity contribution in [2.24, 2.45) is 23.2 Å². The molecule has 1 aromatic rings. The van der Waals surface area contributed by atoms with E-state index in [9.17, 15) is 8.42 Å². The number of nitrogens with one attached hydrogen (secondary N) is 1. The number of hydrogen-bond donors (Lipinski definition) is 1. The van der Waals surface area contributed by atoms with Crippen LogP contribution in [0.3, 0.4) is 0 Å². The topological polar surface area (TPSA) is 46.2 Å². The van der Waals surface area contributed by atoms with Crippen LogP contribution in [0.2, 0.25) is 0 Å². The standard InChI is InChI=1S/C17H22BrNO2S/c18-15-3-1-2-4-16(15)22(20,21)19-11-17-8-12-5-13(9-17)7-14(6-12)10-17/h1-4,12-14,19H,5-11H2. The third-order valence-corrected chi connectivity index (χ3v) is 8.34. The number of halogens is 1. The van der Waals surface area contributed by atoms with Crippen molar-refractivity contribution in [2.75, 3.05) is 6.54 Å². The lowest BCUT2D eigenvalue weighted by Crippen LogP contribution is -2.51. The van der Waals surface area contributed by atoms with Crippen molar-refractivity contribution in [3.05, 3.63) is 28.7 Å². The Kier molecular flexibility index (Phi) is 3.66. The van der Waals surface area contributed by atoms with Gasteiger partial charge in [-0.25, -0.2) is 13.1 Å². The van der Waals surface area contributed by atoms with Gasteiger partial charge >= 0.3 is 0 Å². The van der Waals surface area contributed by atoms with Gasteiger partial charge in [0.05, 0.1) is 4.90 Å². The Balaban J connectivity index is 1.52. The summed E-state index contributed by atoms with van der Waals surface area (Å²) in [5.74, 6) is 2.54. The maximum Gasteiger partial charge on any atom is 0.241 e. The monoisotopic (exact) mass is 383 g/mol. The Labute approximate surface area is 141 Å². The van der Waals surface area contributed by atoms with E-state index in [4.69, 9.17) is 0 Å². The Hall–Kier alpha value is -0.390. The molecular weight excluding hydrogens is 362 g/mol. The van der Waals surface area contributed by atoms with Crippen molar-refractivity contribution in [1.82, 2.24) is 4.72 Å². The Morgan fingerprint density at radius 3 is 2.14 bits per heavy atom. The van der Waals surface area contributed by atoms with Gasteiger partial charge < -0.3 is 0 Å². The highest BCUT2D eigenvalue weighted by Crippen LogP contribution is 2.59. The Morgan fingerprint density at radius 1 is 1.05 bits per heavy atom. The second-order valence-electron chi connectivity index (χ2n) is 7.67. The predicted octanol–water partition coefficient (Wildman–Crippen LogP) is 3.94. The minimum absolute atomic E-state index is 0.225. The first-order chi connectivity index (χ1) is 10.5. The van der Waals surface area contributed by atoms with Crippen LogP contribution in [-0.4, -0.2) is 15.0 Å². The van der Waals surface area contributed by atoms with Gasteiger partial charge in [-0.2, -0.15) is 0 Å². The third-order valence-electron chi connectivity index (χ3n) is 5.93. The zero-order valence-corrected chi connectivity index (χ0v) is 15.0. The maximum absolute atomic E-state index is 12.6. The van der Waals surface area contributed by atoms with Crippen LogP contribution < -0.4 is 4.72 Å². The molecule has 1 N–H and O–H groups in total. The molecule has 0 unspecified atom stereocenters. The van der Waals surface area contributed by atoms with Crippen molar-refractivity contribution in [3.63, 3.8) is 0 Å². The summed E-state index contributed by atoms with van der Waals surface area (Å²) in [7, 11) is -3.43. The molecule has 0 aliphatic heterocycles. The third kappa shape index (κ3) is 2.65. The molecule has 0 spiro atoms. The van der Waals surface area contributed by atoms with E-state index in [-0.39, 0.29) is 5.41 Å². The zero-order chi connectivity index (χ0) is 15.4. The van der Waals surface area contributed by atoms with E-state index >= 15 is 0 Å². The van der Waals surface area contributed by atoms with Crippen molar-refractivity contribution in [1.29, 1.82) is 0 Å². The fraction of sp³-hybridized carbons (Fsp3) is 0.647. The molecular formula is C17H22BrNO2S. The maximum atomic E-state index is 12.6. The second kappa shape index (κ2) is 5.32. The van der Waals surface area contributed by atoms with Gasteiger partial charge in [0.1, 0.15) is 0 Å². The Bertz CT molecular complexity index is 650. The van der Waals surface area contributed by atoms with Crippen LogP contribution in [0.25, 0.3) is 0 Å². The van der Waals surface area contributed by atoms with Crippen LogP contribution in [0.15, 0.2) is 33.6 Å². The SMILES string of the molecule is O=S(=O)(NCC12CC3CC(CC(C3)C1)C2)c1ccccc1Br. The molecule has 4 bridgehead atoms. The van der Waals surface area contributed by atoms with Gasteiger partial charge in [0.15, 0.2) is 0 Å². The lowest BCUT2D eigenvalue weighted by molar-refractivity contribution is -0.0487. The minimum atomic E-state index is -3.43. The summed E-state index contributed by atoms with van der Waals surface area (Å²) in [6.07, 6.45) is 7.81. The first-order valence-corrected chi connectivity index (χ1v) is 10.5. The van der Waals surface area contributed by atoms with Gasteiger partial charge in [-0.1, -0.05) is 12.1 Å². The Morgan fingerprint density at radius 2 is 1.59 bits per heavy atom. The van der Waals surface area contributed by atoms with E-state index in [0.29, 0.717) is 15.9 Å². The first-order valence-electron chi connectivity index (χ1n) is 8.20. The molecule has 3 nitrogen and oxygen atoms in total. The van der Waals surface area contributed by atoms with Crippen molar-refractivity contribution in [2.45, 2.75) is 43.4 Å². The van der Waals surface area contributed by atoms with Crippen LogP contribution >= 0.6 is 15.9 Å². The van der Waals surface area contributed by atoms with Crippen molar-refractivity contribution >= 4 is 26.0 Å². The number of hydrogen-bond acceptors (Lipinski definition) is 2. The molecule has 120 valence electrons. The smallest absolute Gasteiger partial charge is 0.211 e. The van der Waals surface area contributed by atoms with Crippen LogP contribution in [-0.2, 0) is 10.0 Å². The van der Waals surface area contributed by atoms with Gasteiger partial charge in [-0.3, -0.25) is 0 Å². The van der Waals surface area contributed by atoms with Crippen molar-refractivity contribution < 1.29 is 8.42 Å². The van der Waals surface area contributed by atoms with Crippen LogP contribution in [0.4, 0.5) is 0 Å². The molecule has 0 heterocycles. The van der Waals surface area contributed by atoms with E-state index in [0.717, 1.165) is 17.8 Å². The van der Waals surface area contributed by atoms with Gasteiger partial charge in [-0.15, -0.1) is 0 Å². The zero-order valence-electron chi connectivity index (χ0n) is 12.6. The summed E-state index contributed by atoms with van der Waals surface area (Å²) in [6.45, 7) is 0.611. The fourth-order valence-electron chi connectivity index (χ4n) is 5.50. The van der Waals surface area contributed by atoms with E-state index in [1.54, 1.807) is 18.2 Å². The predicted molar refractivity (Wildman–Crippen MR) is 89.9 cm³/mol. The van der Waals surface area contributed by atoms with Gasteiger partial charge in [0.25, 0.3) is 0 Å². The fourth-order valence-corrected chi connectivity index (χ4v) is 7.65. The lowest BCUT2D eigenvalue weighted by atomic mass is 9.50. The van der Waals surface area contributed by atoms with Crippen LogP contribution in [0, 0.1) is 23.2 Å². The molecule has 22 heavy (non-hydrogen) atoms. The highest BCUT2D eigenvalue weighted by atomic mass is 79.9. The molecule has 1 aromatic carbocycles. The van der Waals surface area contributed by atoms with Crippen LogP contribution in [0.1, 0.15) is 38.5 Å². The van der Waals surface area contributed by atoms with Gasteiger partial charge in [-0.05, 0) is 89.8 Å². The first kappa shape index (κ1) is 15.2. The van der Waals surface area contributed by atoms with Crippen molar-refractivity contribution in [3.8, 4) is 0 Å². The molecule has 5 heteroatoms. The molecule has 5 rings (SSSR count). The van der Waals surface area contributed by atoms with Gasteiger partial charge in [0.2, 0.25) is 10.0 Å². The molecule has 4 fully saturated rings. The summed E-state index contributed by atoms with van der Waals surface area (Å²) in [5, 5.41) is 0. The number of sulfonamides is 1. The highest BCUT2D eigenvalue weighted by Gasteiger charge is 2.50. The molecule has 4 saturated carbocycles. The normalized spacial score (nSPS) is 36.7. The lowest BCUT2D eigenvalue weighted by Gasteiger charge is -2.56. The minimum Gasteiger partial charge on any atom is -0.211 e.